The van der Waals surface area contributed by atoms with E-state index in [1.165, 1.54) is 0 Å². The third-order valence-electron chi connectivity index (χ3n) is 1.97. The quantitative estimate of drug-likeness (QED) is 0.730. The zero-order valence-electron chi connectivity index (χ0n) is 7.73. The minimum Gasteiger partial charge on any atom is -0.335 e. The Balaban J connectivity index is 1.73. The number of carbonyl (C=O) groups is 1. The Morgan fingerprint density at radius 3 is 3.07 bits per heavy atom. The summed E-state index contributed by atoms with van der Waals surface area (Å²) in [6.45, 7) is 0.423. The SMILES string of the molecule is O=C(NCc1cccnn1)NC1CC1. The maximum absolute atomic E-state index is 11.2. The van der Waals surface area contributed by atoms with E-state index in [-0.39, 0.29) is 6.03 Å². The van der Waals surface area contributed by atoms with Crippen LogP contribution in [-0.4, -0.2) is 22.3 Å². The number of carbonyl (C=O) groups excluding carboxylic acids is 1. The van der Waals surface area contributed by atoms with E-state index in [4.69, 9.17) is 0 Å². The van der Waals surface area contributed by atoms with Crippen LogP contribution < -0.4 is 10.6 Å². The molecule has 1 fully saturated rings. The lowest BCUT2D eigenvalue weighted by Crippen LogP contribution is -2.36. The van der Waals surface area contributed by atoms with Crippen molar-refractivity contribution < 1.29 is 4.79 Å². The molecule has 2 amide bonds. The Labute approximate surface area is 81.9 Å². The molecule has 0 unspecified atom stereocenters. The minimum absolute atomic E-state index is 0.127. The van der Waals surface area contributed by atoms with Gasteiger partial charge >= 0.3 is 6.03 Å². The average molecular weight is 192 g/mol. The van der Waals surface area contributed by atoms with E-state index in [0.29, 0.717) is 12.6 Å². The van der Waals surface area contributed by atoms with Crippen molar-refractivity contribution >= 4 is 6.03 Å². The van der Waals surface area contributed by atoms with Crippen molar-refractivity contribution in [2.24, 2.45) is 0 Å². The molecule has 1 heterocycles. The van der Waals surface area contributed by atoms with Crippen molar-refractivity contribution in [2.45, 2.75) is 25.4 Å². The van der Waals surface area contributed by atoms with Crippen molar-refractivity contribution in [2.75, 3.05) is 0 Å². The van der Waals surface area contributed by atoms with E-state index in [9.17, 15) is 4.79 Å². The van der Waals surface area contributed by atoms with Crippen LogP contribution in [0.1, 0.15) is 18.5 Å². The van der Waals surface area contributed by atoms with E-state index >= 15 is 0 Å². The molecule has 5 nitrogen and oxygen atoms in total. The van der Waals surface area contributed by atoms with Crippen LogP contribution in [0, 0.1) is 0 Å². The van der Waals surface area contributed by atoms with E-state index in [1.807, 2.05) is 6.07 Å². The lowest BCUT2D eigenvalue weighted by molar-refractivity contribution is 0.240. The van der Waals surface area contributed by atoms with Gasteiger partial charge in [0.05, 0.1) is 12.2 Å². The lowest BCUT2D eigenvalue weighted by atomic mass is 10.4. The van der Waals surface area contributed by atoms with E-state index < -0.39 is 0 Å². The van der Waals surface area contributed by atoms with Gasteiger partial charge in [-0.2, -0.15) is 10.2 Å². The molecular weight excluding hydrogens is 180 g/mol. The Bertz CT molecular complexity index is 310. The van der Waals surface area contributed by atoms with Gasteiger partial charge in [0, 0.05) is 12.2 Å². The van der Waals surface area contributed by atoms with E-state index in [1.54, 1.807) is 12.3 Å². The fourth-order valence-corrected chi connectivity index (χ4v) is 1.06. The molecular formula is C9H12N4O. The first-order valence-electron chi connectivity index (χ1n) is 4.65. The summed E-state index contributed by atoms with van der Waals surface area (Å²) in [5.74, 6) is 0. The molecule has 0 atom stereocenters. The summed E-state index contributed by atoms with van der Waals surface area (Å²) in [6, 6.07) is 3.88. The van der Waals surface area contributed by atoms with Gasteiger partial charge in [-0.05, 0) is 25.0 Å². The number of aromatic nitrogens is 2. The molecule has 2 rings (SSSR count). The predicted molar refractivity (Wildman–Crippen MR) is 50.4 cm³/mol. The Morgan fingerprint density at radius 1 is 1.57 bits per heavy atom. The molecule has 1 saturated carbocycles. The number of urea groups is 1. The highest BCUT2D eigenvalue weighted by atomic mass is 16.2. The average Bonchev–Trinajstić information content (AvgIpc) is 3.00. The fraction of sp³-hybridized carbons (Fsp3) is 0.444. The molecule has 0 aromatic carbocycles. The minimum atomic E-state index is -0.127. The van der Waals surface area contributed by atoms with Gasteiger partial charge in [-0.3, -0.25) is 0 Å². The Hall–Kier alpha value is -1.65. The monoisotopic (exact) mass is 192 g/mol. The van der Waals surface area contributed by atoms with Crippen molar-refractivity contribution in [1.29, 1.82) is 0 Å². The third kappa shape index (κ3) is 2.69. The van der Waals surface area contributed by atoms with Crippen LogP contribution in [0.3, 0.4) is 0 Å². The summed E-state index contributed by atoms with van der Waals surface area (Å²) < 4.78 is 0. The summed E-state index contributed by atoms with van der Waals surface area (Å²) in [5.41, 5.74) is 0.762. The van der Waals surface area contributed by atoms with E-state index in [2.05, 4.69) is 20.8 Å². The van der Waals surface area contributed by atoms with Gasteiger partial charge < -0.3 is 10.6 Å². The predicted octanol–water partition coefficient (Wildman–Crippen LogP) is 0.438. The molecule has 1 aliphatic rings. The summed E-state index contributed by atoms with van der Waals surface area (Å²) in [4.78, 5) is 11.2. The molecule has 0 spiro atoms. The smallest absolute Gasteiger partial charge is 0.315 e. The molecule has 0 aliphatic heterocycles. The van der Waals surface area contributed by atoms with Gasteiger partial charge in [0.2, 0.25) is 0 Å². The number of rotatable bonds is 3. The number of nitrogens with one attached hydrogen (secondary N) is 2. The number of nitrogens with zero attached hydrogens (tertiary/aromatic N) is 2. The summed E-state index contributed by atoms with van der Waals surface area (Å²) in [6.07, 6.45) is 3.80. The zero-order chi connectivity index (χ0) is 9.80. The van der Waals surface area contributed by atoms with Crippen LogP contribution in [-0.2, 0) is 6.54 Å². The molecule has 5 heteroatoms. The van der Waals surface area contributed by atoms with Gasteiger partial charge in [-0.15, -0.1) is 0 Å². The molecule has 0 radical (unpaired) electrons. The maximum atomic E-state index is 11.2. The first-order chi connectivity index (χ1) is 6.84. The summed E-state index contributed by atoms with van der Waals surface area (Å²) in [7, 11) is 0. The van der Waals surface area contributed by atoms with Crippen LogP contribution in [0.4, 0.5) is 4.79 Å². The van der Waals surface area contributed by atoms with Gasteiger partial charge in [0.15, 0.2) is 0 Å². The van der Waals surface area contributed by atoms with Crippen LogP contribution in [0.5, 0.6) is 0 Å². The fourth-order valence-electron chi connectivity index (χ4n) is 1.06. The normalized spacial score (nSPS) is 14.9. The standard InChI is InChI=1S/C9H12N4O/c14-9(12-7-3-4-7)10-6-8-2-1-5-11-13-8/h1-2,5,7H,3-4,6H2,(H2,10,12,14). The highest BCUT2D eigenvalue weighted by Gasteiger charge is 2.22. The molecule has 14 heavy (non-hydrogen) atoms. The number of hydrogen-bond donors (Lipinski definition) is 2. The molecule has 0 bridgehead atoms. The highest BCUT2D eigenvalue weighted by molar-refractivity contribution is 5.74. The third-order valence-corrected chi connectivity index (χ3v) is 1.97. The first-order valence-corrected chi connectivity index (χ1v) is 4.65. The second kappa shape index (κ2) is 4.04. The van der Waals surface area contributed by atoms with Gasteiger partial charge in [-0.25, -0.2) is 4.79 Å². The molecule has 1 aromatic heterocycles. The van der Waals surface area contributed by atoms with Crippen LogP contribution >= 0.6 is 0 Å². The zero-order valence-corrected chi connectivity index (χ0v) is 7.73. The lowest BCUT2D eigenvalue weighted by Gasteiger charge is -2.04. The van der Waals surface area contributed by atoms with Crippen molar-refractivity contribution in [1.82, 2.24) is 20.8 Å². The van der Waals surface area contributed by atoms with E-state index in [0.717, 1.165) is 18.5 Å². The second-order valence-electron chi connectivity index (χ2n) is 3.32. The number of hydrogen-bond acceptors (Lipinski definition) is 3. The molecule has 2 N–H and O–H groups in total. The molecule has 0 saturated heterocycles. The molecule has 1 aliphatic carbocycles. The van der Waals surface area contributed by atoms with Crippen molar-refractivity contribution in [3.63, 3.8) is 0 Å². The molecule has 74 valence electrons. The van der Waals surface area contributed by atoms with Crippen LogP contribution in [0.2, 0.25) is 0 Å². The highest BCUT2D eigenvalue weighted by Crippen LogP contribution is 2.18. The second-order valence-corrected chi connectivity index (χ2v) is 3.32. The maximum Gasteiger partial charge on any atom is 0.315 e. The van der Waals surface area contributed by atoms with Crippen molar-refractivity contribution in [3.05, 3.63) is 24.0 Å². The largest absolute Gasteiger partial charge is 0.335 e. The van der Waals surface area contributed by atoms with Crippen LogP contribution in [0.15, 0.2) is 18.3 Å². The van der Waals surface area contributed by atoms with Gasteiger partial charge in [0.1, 0.15) is 0 Å². The Morgan fingerprint density at radius 2 is 2.43 bits per heavy atom. The Kier molecular flexibility index (Phi) is 2.58. The number of amides is 2. The summed E-state index contributed by atoms with van der Waals surface area (Å²) in [5, 5.41) is 13.1. The topological polar surface area (TPSA) is 66.9 Å². The van der Waals surface area contributed by atoms with Gasteiger partial charge in [0.25, 0.3) is 0 Å². The first kappa shape index (κ1) is 8.93. The van der Waals surface area contributed by atoms with Gasteiger partial charge in [-0.1, -0.05) is 0 Å². The molecule has 1 aromatic rings. The summed E-state index contributed by atoms with van der Waals surface area (Å²) >= 11 is 0. The van der Waals surface area contributed by atoms with Crippen molar-refractivity contribution in [3.8, 4) is 0 Å². The van der Waals surface area contributed by atoms with Crippen LogP contribution in [0.25, 0.3) is 0 Å².